The summed E-state index contributed by atoms with van der Waals surface area (Å²) >= 11 is 0. The number of fused-ring (bicyclic) bond motifs is 4. The number of para-hydroxylation sites is 3. The lowest BCUT2D eigenvalue weighted by molar-refractivity contribution is 1.18. The molecule has 0 N–H and O–H groups in total. The Labute approximate surface area is 315 Å². The molecule has 0 spiro atoms. The average Bonchev–Trinajstić information content (AvgIpc) is 3.59. The zero-order valence-corrected chi connectivity index (χ0v) is 29.7. The summed E-state index contributed by atoms with van der Waals surface area (Å²) in [5.74, 6) is 0. The van der Waals surface area contributed by atoms with Crippen LogP contribution in [0.25, 0.3) is 71.6 Å². The summed E-state index contributed by atoms with van der Waals surface area (Å²) in [6.45, 7) is 0. The van der Waals surface area contributed by atoms with E-state index in [2.05, 4.69) is 228 Å². The van der Waals surface area contributed by atoms with E-state index in [1.54, 1.807) is 0 Å². The van der Waals surface area contributed by atoms with Crippen molar-refractivity contribution < 1.29 is 0 Å². The summed E-state index contributed by atoms with van der Waals surface area (Å²) in [5, 5.41) is 5.06. The zero-order chi connectivity index (χ0) is 35.8. The molecule has 0 aliphatic heterocycles. The summed E-state index contributed by atoms with van der Waals surface area (Å²) < 4.78 is 2.37. The molecule has 2 heteroatoms. The van der Waals surface area contributed by atoms with Gasteiger partial charge in [-0.1, -0.05) is 164 Å². The average molecular weight is 689 g/mol. The number of aromatic nitrogens is 1. The van der Waals surface area contributed by atoms with Gasteiger partial charge in [0.05, 0.1) is 16.7 Å². The molecule has 2 nitrogen and oxygen atoms in total. The van der Waals surface area contributed by atoms with E-state index in [-0.39, 0.29) is 0 Å². The molecule has 1 heterocycles. The van der Waals surface area contributed by atoms with E-state index in [0.717, 1.165) is 22.7 Å². The zero-order valence-electron chi connectivity index (χ0n) is 29.7. The molecule has 54 heavy (non-hydrogen) atoms. The number of rotatable bonds is 7. The lowest BCUT2D eigenvalue weighted by Gasteiger charge is -2.28. The molecule has 10 aromatic rings. The third-order valence-corrected chi connectivity index (χ3v) is 10.6. The highest BCUT2D eigenvalue weighted by molar-refractivity contribution is 6.09. The van der Waals surface area contributed by atoms with Crippen LogP contribution in [0, 0.1) is 0 Å². The molecule has 0 atom stereocenters. The standard InChI is InChI=1S/C52H36N2/c1-2-13-40(14-3-1)47-18-6-9-22-50(47)53(43-35-29-41(30-36-43)46-21-12-16-39-15-4-5-17-45(39)46)42-31-25-37(26-32-42)38-27-33-44(34-28-38)54-51-23-10-7-19-48(51)49-20-8-11-24-52(49)54/h1-36H. The molecule has 254 valence electrons. The highest BCUT2D eigenvalue weighted by Gasteiger charge is 2.18. The molecular weight excluding hydrogens is 653 g/mol. The van der Waals surface area contributed by atoms with Crippen LogP contribution in [0.4, 0.5) is 17.1 Å². The lowest BCUT2D eigenvalue weighted by Crippen LogP contribution is -2.11. The van der Waals surface area contributed by atoms with E-state index in [0.29, 0.717) is 0 Å². The van der Waals surface area contributed by atoms with E-state index in [9.17, 15) is 0 Å². The fourth-order valence-electron chi connectivity index (χ4n) is 8.03. The highest BCUT2D eigenvalue weighted by atomic mass is 15.1. The first-order chi connectivity index (χ1) is 26.8. The second-order valence-corrected chi connectivity index (χ2v) is 13.8. The normalized spacial score (nSPS) is 11.3. The first-order valence-corrected chi connectivity index (χ1v) is 18.5. The van der Waals surface area contributed by atoms with E-state index in [4.69, 9.17) is 0 Å². The van der Waals surface area contributed by atoms with Crippen LogP contribution < -0.4 is 4.90 Å². The van der Waals surface area contributed by atoms with Crippen LogP contribution in [0.1, 0.15) is 0 Å². The summed E-state index contributed by atoms with van der Waals surface area (Å²) in [6, 6.07) is 78.8. The van der Waals surface area contributed by atoms with Crippen molar-refractivity contribution in [1.82, 2.24) is 4.57 Å². The van der Waals surface area contributed by atoms with Crippen molar-refractivity contribution in [2.75, 3.05) is 4.90 Å². The summed E-state index contributed by atoms with van der Waals surface area (Å²) in [4.78, 5) is 2.38. The van der Waals surface area contributed by atoms with E-state index in [1.807, 2.05) is 0 Å². The predicted octanol–water partition coefficient (Wildman–Crippen LogP) is 14.4. The van der Waals surface area contributed by atoms with Gasteiger partial charge in [0.1, 0.15) is 0 Å². The van der Waals surface area contributed by atoms with Crippen molar-refractivity contribution in [3.05, 3.63) is 218 Å². The van der Waals surface area contributed by atoms with E-state index in [1.165, 1.54) is 66.0 Å². The Morgan fingerprint density at radius 3 is 1.43 bits per heavy atom. The largest absolute Gasteiger partial charge is 0.310 e. The lowest BCUT2D eigenvalue weighted by atomic mass is 9.97. The minimum absolute atomic E-state index is 1.10. The molecule has 0 saturated carbocycles. The Balaban J connectivity index is 1.03. The maximum absolute atomic E-state index is 2.38. The maximum atomic E-state index is 2.38. The number of hydrogen-bond acceptors (Lipinski definition) is 1. The number of benzene rings is 9. The summed E-state index contributed by atoms with van der Waals surface area (Å²) in [5.41, 5.74) is 14.1. The van der Waals surface area contributed by atoms with Gasteiger partial charge < -0.3 is 9.47 Å². The molecule has 0 amide bonds. The maximum Gasteiger partial charge on any atom is 0.0541 e. The number of anilines is 3. The molecular formula is C52H36N2. The van der Waals surface area contributed by atoms with Crippen LogP contribution >= 0.6 is 0 Å². The Kier molecular flexibility index (Phi) is 7.85. The SMILES string of the molecule is c1ccc(-c2ccccc2N(c2ccc(-c3ccc(-n4c5ccccc5c5ccccc54)cc3)cc2)c2ccc(-c3cccc4ccccc34)cc2)cc1. The monoisotopic (exact) mass is 688 g/mol. The third kappa shape index (κ3) is 5.53. The van der Waals surface area contributed by atoms with Gasteiger partial charge in [-0.25, -0.2) is 0 Å². The summed E-state index contributed by atoms with van der Waals surface area (Å²) in [7, 11) is 0. The first-order valence-electron chi connectivity index (χ1n) is 18.5. The first kappa shape index (κ1) is 31.6. The van der Waals surface area contributed by atoms with Gasteiger partial charge in [-0.2, -0.15) is 0 Å². The molecule has 0 saturated heterocycles. The van der Waals surface area contributed by atoms with Crippen molar-refractivity contribution in [3.63, 3.8) is 0 Å². The van der Waals surface area contributed by atoms with Crippen molar-refractivity contribution in [2.45, 2.75) is 0 Å². The van der Waals surface area contributed by atoms with Crippen LogP contribution in [0.3, 0.4) is 0 Å². The minimum atomic E-state index is 1.10. The van der Waals surface area contributed by atoms with Gasteiger partial charge in [0, 0.05) is 33.4 Å². The quantitative estimate of drug-likeness (QED) is 0.162. The Morgan fingerprint density at radius 1 is 0.296 bits per heavy atom. The van der Waals surface area contributed by atoms with Gasteiger partial charge in [0.25, 0.3) is 0 Å². The molecule has 0 fully saturated rings. The molecule has 0 radical (unpaired) electrons. The smallest absolute Gasteiger partial charge is 0.0541 e. The number of nitrogens with zero attached hydrogens (tertiary/aromatic N) is 2. The minimum Gasteiger partial charge on any atom is -0.310 e. The van der Waals surface area contributed by atoms with Crippen molar-refractivity contribution in [1.29, 1.82) is 0 Å². The molecule has 10 rings (SSSR count). The van der Waals surface area contributed by atoms with E-state index < -0.39 is 0 Å². The molecule has 0 aliphatic carbocycles. The fourth-order valence-corrected chi connectivity index (χ4v) is 8.03. The van der Waals surface area contributed by atoms with Gasteiger partial charge in [-0.05, 0) is 93.2 Å². The van der Waals surface area contributed by atoms with Crippen LogP contribution in [0.5, 0.6) is 0 Å². The van der Waals surface area contributed by atoms with Crippen LogP contribution in [-0.2, 0) is 0 Å². The van der Waals surface area contributed by atoms with Crippen molar-refractivity contribution in [2.24, 2.45) is 0 Å². The van der Waals surface area contributed by atoms with Gasteiger partial charge in [0.15, 0.2) is 0 Å². The molecule has 0 unspecified atom stereocenters. The third-order valence-electron chi connectivity index (χ3n) is 10.6. The van der Waals surface area contributed by atoms with Gasteiger partial charge in [-0.3, -0.25) is 0 Å². The fraction of sp³-hybridized carbons (Fsp3) is 0. The van der Waals surface area contributed by atoms with Gasteiger partial charge >= 0.3 is 0 Å². The van der Waals surface area contributed by atoms with E-state index >= 15 is 0 Å². The van der Waals surface area contributed by atoms with Crippen LogP contribution in [0.2, 0.25) is 0 Å². The molecule has 0 aliphatic rings. The molecule has 1 aromatic heterocycles. The Bertz CT molecular complexity index is 2840. The van der Waals surface area contributed by atoms with Crippen molar-refractivity contribution >= 4 is 49.6 Å². The topological polar surface area (TPSA) is 8.17 Å². The molecule has 9 aromatic carbocycles. The second kappa shape index (κ2) is 13.4. The predicted molar refractivity (Wildman–Crippen MR) is 229 cm³/mol. The summed E-state index contributed by atoms with van der Waals surface area (Å²) in [6.07, 6.45) is 0. The highest BCUT2D eigenvalue weighted by Crippen LogP contribution is 2.42. The Morgan fingerprint density at radius 2 is 0.759 bits per heavy atom. The number of hydrogen-bond donors (Lipinski definition) is 0. The van der Waals surface area contributed by atoms with Crippen LogP contribution in [0.15, 0.2) is 218 Å². The van der Waals surface area contributed by atoms with Crippen molar-refractivity contribution in [3.8, 4) is 39.1 Å². The van der Waals surface area contributed by atoms with Gasteiger partial charge in [-0.15, -0.1) is 0 Å². The Hall–Kier alpha value is -7.16. The second-order valence-electron chi connectivity index (χ2n) is 13.8. The van der Waals surface area contributed by atoms with Crippen LogP contribution in [-0.4, -0.2) is 4.57 Å². The molecule has 0 bridgehead atoms. The van der Waals surface area contributed by atoms with Gasteiger partial charge in [0.2, 0.25) is 0 Å².